The predicted octanol–water partition coefficient (Wildman–Crippen LogP) is 1.98. The molecule has 1 saturated heterocycles. The zero-order chi connectivity index (χ0) is 20.2. The first-order chi connectivity index (χ1) is 14.1. The molecule has 0 spiro atoms. The molecular formula is C22H23N5O2. The molecule has 0 unspecified atom stereocenters. The van der Waals surface area contributed by atoms with E-state index in [4.69, 9.17) is 5.73 Å². The average Bonchev–Trinajstić information content (AvgIpc) is 2.74. The van der Waals surface area contributed by atoms with E-state index in [0.717, 1.165) is 42.5 Å². The molecule has 148 valence electrons. The van der Waals surface area contributed by atoms with Crippen molar-refractivity contribution < 1.29 is 9.59 Å². The summed E-state index contributed by atoms with van der Waals surface area (Å²) >= 11 is 0. The van der Waals surface area contributed by atoms with E-state index < -0.39 is 0 Å². The highest BCUT2D eigenvalue weighted by molar-refractivity contribution is 6.07. The van der Waals surface area contributed by atoms with Crippen molar-refractivity contribution in [1.82, 2.24) is 20.2 Å². The topological polar surface area (TPSA) is 101 Å². The number of piperidine rings is 1. The Morgan fingerprint density at radius 3 is 2.55 bits per heavy atom. The maximum atomic E-state index is 13.1. The van der Waals surface area contributed by atoms with Gasteiger partial charge in [-0.05, 0) is 37.1 Å². The number of pyridine rings is 2. The summed E-state index contributed by atoms with van der Waals surface area (Å²) < 4.78 is 0. The van der Waals surface area contributed by atoms with Crippen molar-refractivity contribution in [1.29, 1.82) is 0 Å². The van der Waals surface area contributed by atoms with Gasteiger partial charge in [0.15, 0.2) is 0 Å². The number of hydrogen-bond acceptors (Lipinski definition) is 5. The third-order valence-corrected chi connectivity index (χ3v) is 5.19. The molecule has 1 aliphatic rings. The van der Waals surface area contributed by atoms with Crippen LogP contribution < -0.4 is 11.1 Å². The molecule has 2 aromatic heterocycles. The third kappa shape index (κ3) is 4.41. The van der Waals surface area contributed by atoms with Gasteiger partial charge in [0.05, 0.1) is 29.0 Å². The lowest BCUT2D eigenvalue weighted by molar-refractivity contribution is -0.119. The van der Waals surface area contributed by atoms with E-state index in [1.165, 1.54) is 0 Å². The van der Waals surface area contributed by atoms with Crippen LogP contribution in [0.2, 0.25) is 0 Å². The summed E-state index contributed by atoms with van der Waals surface area (Å²) in [6, 6.07) is 15.1. The first-order valence-corrected chi connectivity index (χ1v) is 9.73. The number of carbonyl (C=O) groups is 2. The Bertz CT molecular complexity index is 1030. The van der Waals surface area contributed by atoms with Gasteiger partial charge in [-0.3, -0.25) is 19.5 Å². The van der Waals surface area contributed by atoms with Crippen LogP contribution >= 0.6 is 0 Å². The Morgan fingerprint density at radius 2 is 1.83 bits per heavy atom. The van der Waals surface area contributed by atoms with Gasteiger partial charge in [-0.2, -0.15) is 0 Å². The molecule has 0 atom stereocenters. The van der Waals surface area contributed by atoms with Gasteiger partial charge in [0.1, 0.15) is 0 Å². The van der Waals surface area contributed by atoms with Crippen LogP contribution in [0.4, 0.5) is 0 Å². The number of fused-ring (bicyclic) bond motifs is 1. The molecular weight excluding hydrogens is 366 g/mol. The number of para-hydroxylation sites is 1. The number of nitrogens with zero attached hydrogens (tertiary/aromatic N) is 3. The summed E-state index contributed by atoms with van der Waals surface area (Å²) in [5.41, 5.74) is 8.02. The minimum absolute atomic E-state index is 0.0665. The van der Waals surface area contributed by atoms with Gasteiger partial charge < -0.3 is 11.1 Å². The van der Waals surface area contributed by atoms with Gasteiger partial charge in [-0.15, -0.1) is 0 Å². The molecule has 7 heteroatoms. The van der Waals surface area contributed by atoms with Crippen molar-refractivity contribution in [2.75, 3.05) is 19.6 Å². The fourth-order valence-electron chi connectivity index (χ4n) is 3.73. The molecule has 4 rings (SSSR count). The third-order valence-electron chi connectivity index (χ3n) is 5.19. The molecule has 2 amide bonds. The molecule has 1 aromatic carbocycles. The first-order valence-electron chi connectivity index (χ1n) is 9.73. The highest BCUT2D eigenvalue weighted by atomic mass is 16.2. The van der Waals surface area contributed by atoms with Crippen LogP contribution in [0.1, 0.15) is 23.2 Å². The average molecular weight is 389 g/mol. The Morgan fingerprint density at radius 1 is 1.07 bits per heavy atom. The first kappa shape index (κ1) is 19.0. The molecule has 3 N–H and O–H groups in total. The Balaban J connectivity index is 1.57. The molecule has 7 nitrogen and oxygen atoms in total. The number of likely N-dealkylation sites (tertiary alicyclic amines) is 1. The van der Waals surface area contributed by atoms with Gasteiger partial charge in [-0.25, -0.2) is 4.98 Å². The van der Waals surface area contributed by atoms with Gasteiger partial charge in [-0.1, -0.05) is 24.3 Å². The van der Waals surface area contributed by atoms with Crippen molar-refractivity contribution >= 4 is 22.7 Å². The Labute approximate surface area is 168 Å². The highest BCUT2D eigenvalue weighted by Crippen LogP contribution is 2.24. The largest absolute Gasteiger partial charge is 0.369 e. The minimum Gasteiger partial charge on any atom is -0.369 e. The molecule has 0 bridgehead atoms. The fraction of sp³-hybridized carbons (Fsp3) is 0.273. The second-order valence-electron chi connectivity index (χ2n) is 7.28. The SMILES string of the molecule is NC(=O)CN1CCC(NC(=O)c2cc(-c3ccccn3)nc3ccccc23)CC1. The van der Waals surface area contributed by atoms with Crippen molar-refractivity contribution in [3.63, 3.8) is 0 Å². The second kappa shape index (κ2) is 8.36. The molecule has 1 aliphatic heterocycles. The monoisotopic (exact) mass is 389 g/mol. The van der Waals surface area contributed by atoms with E-state index in [0.29, 0.717) is 11.3 Å². The van der Waals surface area contributed by atoms with Crippen molar-refractivity contribution in [3.8, 4) is 11.4 Å². The van der Waals surface area contributed by atoms with E-state index in [9.17, 15) is 9.59 Å². The standard InChI is InChI=1S/C22H23N5O2/c23-21(28)14-27-11-8-15(9-12-27)25-22(29)17-13-20(19-7-3-4-10-24-19)26-18-6-2-1-5-16(17)18/h1-7,10,13,15H,8-9,11-12,14H2,(H2,23,28)(H,25,29). The van der Waals surface area contributed by atoms with E-state index in [2.05, 4.69) is 15.3 Å². The normalized spacial score (nSPS) is 15.3. The minimum atomic E-state index is -0.321. The number of amides is 2. The van der Waals surface area contributed by atoms with Crippen LogP contribution in [0.3, 0.4) is 0 Å². The van der Waals surface area contributed by atoms with Gasteiger partial charge in [0.2, 0.25) is 5.91 Å². The Hall–Kier alpha value is -3.32. The summed E-state index contributed by atoms with van der Waals surface area (Å²) in [6.07, 6.45) is 3.29. The van der Waals surface area contributed by atoms with Crippen LogP contribution in [0.5, 0.6) is 0 Å². The summed E-state index contributed by atoms with van der Waals surface area (Å²) in [6.45, 7) is 1.75. The Kier molecular flexibility index (Phi) is 5.48. The number of hydrogen-bond donors (Lipinski definition) is 2. The fourth-order valence-corrected chi connectivity index (χ4v) is 3.73. The molecule has 0 radical (unpaired) electrons. The number of nitrogens with one attached hydrogen (secondary N) is 1. The highest BCUT2D eigenvalue weighted by Gasteiger charge is 2.23. The van der Waals surface area contributed by atoms with Crippen molar-refractivity contribution in [3.05, 3.63) is 60.3 Å². The number of aromatic nitrogens is 2. The number of benzene rings is 1. The van der Waals surface area contributed by atoms with Crippen molar-refractivity contribution in [2.45, 2.75) is 18.9 Å². The van der Waals surface area contributed by atoms with Crippen molar-refractivity contribution in [2.24, 2.45) is 5.73 Å². The molecule has 3 heterocycles. The van der Waals surface area contributed by atoms with Crippen LogP contribution in [-0.4, -0.2) is 52.4 Å². The van der Waals surface area contributed by atoms with Crippen LogP contribution in [-0.2, 0) is 4.79 Å². The zero-order valence-corrected chi connectivity index (χ0v) is 16.0. The summed E-state index contributed by atoms with van der Waals surface area (Å²) in [5.74, 6) is -0.438. The van der Waals surface area contributed by atoms with Gasteiger partial charge in [0.25, 0.3) is 5.91 Å². The number of rotatable bonds is 5. The van der Waals surface area contributed by atoms with E-state index >= 15 is 0 Å². The lowest BCUT2D eigenvalue weighted by Gasteiger charge is -2.31. The molecule has 3 aromatic rings. The van der Waals surface area contributed by atoms with E-state index in [-0.39, 0.29) is 24.4 Å². The number of primary amides is 1. The van der Waals surface area contributed by atoms with E-state index in [1.54, 1.807) is 6.20 Å². The maximum absolute atomic E-state index is 13.1. The molecule has 0 saturated carbocycles. The maximum Gasteiger partial charge on any atom is 0.252 e. The zero-order valence-electron chi connectivity index (χ0n) is 16.0. The number of nitrogens with two attached hydrogens (primary N) is 1. The predicted molar refractivity (Wildman–Crippen MR) is 111 cm³/mol. The summed E-state index contributed by atoms with van der Waals surface area (Å²) in [7, 11) is 0. The lowest BCUT2D eigenvalue weighted by Crippen LogP contribution is -2.46. The summed E-state index contributed by atoms with van der Waals surface area (Å²) in [4.78, 5) is 35.3. The van der Waals surface area contributed by atoms with Crippen LogP contribution in [0.25, 0.3) is 22.3 Å². The smallest absolute Gasteiger partial charge is 0.252 e. The van der Waals surface area contributed by atoms with Gasteiger partial charge in [0, 0.05) is 30.7 Å². The second-order valence-corrected chi connectivity index (χ2v) is 7.28. The quantitative estimate of drug-likeness (QED) is 0.695. The summed E-state index contributed by atoms with van der Waals surface area (Å²) in [5, 5.41) is 3.97. The van der Waals surface area contributed by atoms with Crippen LogP contribution in [0, 0.1) is 0 Å². The van der Waals surface area contributed by atoms with Gasteiger partial charge >= 0.3 is 0 Å². The molecule has 29 heavy (non-hydrogen) atoms. The van der Waals surface area contributed by atoms with E-state index in [1.807, 2.05) is 53.4 Å². The molecule has 1 fully saturated rings. The van der Waals surface area contributed by atoms with Crippen LogP contribution in [0.15, 0.2) is 54.7 Å². The molecule has 0 aliphatic carbocycles. The number of carbonyl (C=O) groups excluding carboxylic acids is 2. The lowest BCUT2D eigenvalue weighted by atomic mass is 10.0.